The highest BCUT2D eigenvalue weighted by Gasteiger charge is 2.26. The zero-order valence-corrected chi connectivity index (χ0v) is 9.99. The molecular formula is C12H24N2O2. The molecule has 0 amide bonds. The van der Waals surface area contributed by atoms with E-state index in [2.05, 4.69) is 5.43 Å². The Morgan fingerprint density at radius 2 is 1.94 bits per heavy atom. The molecule has 2 rings (SSSR count). The lowest BCUT2D eigenvalue weighted by Gasteiger charge is -2.33. The van der Waals surface area contributed by atoms with Crippen molar-refractivity contribution in [3.8, 4) is 0 Å². The van der Waals surface area contributed by atoms with Crippen LogP contribution in [0.2, 0.25) is 0 Å². The number of hydrogen-bond acceptors (Lipinski definition) is 4. The van der Waals surface area contributed by atoms with Crippen molar-refractivity contribution in [1.29, 1.82) is 0 Å². The summed E-state index contributed by atoms with van der Waals surface area (Å²) in [6.45, 7) is 3.63. The van der Waals surface area contributed by atoms with Gasteiger partial charge in [0.1, 0.15) is 0 Å². The summed E-state index contributed by atoms with van der Waals surface area (Å²) in [7, 11) is 0. The van der Waals surface area contributed by atoms with Crippen LogP contribution in [0.1, 0.15) is 32.1 Å². The molecule has 0 bridgehead atoms. The summed E-state index contributed by atoms with van der Waals surface area (Å²) in [5.74, 6) is 7.06. The van der Waals surface area contributed by atoms with Crippen molar-refractivity contribution in [2.24, 2.45) is 17.7 Å². The van der Waals surface area contributed by atoms with Gasteiger partial charge < -0.3 is 9.47 Å². The number of nitrogens with two attached hydrogens (primary N) is 1. The first kappa shape index (κ1) is 12.3. The molecule has 4 heteroatoms. The Balaban J connectivity index is 1.78. The zero-order valence-electron chi connectivity index (χ0n) is 9.99. The molecule has 0 aromatic carbocycles. The van der Waals surface area contributed by atoms with Gasteiger partial charge in [0.15, 0.2) is 0 Å². The van der Waals surface area contributed by atoms with Gasteiger partial charge in [-0.15, -0.1) is 0 Å². The van der Waals surface area contributed by atoms with Gasteiger partial charge in [-0.2, -0.15) is 0 Å². The zero-order chi connectivity index (χ0) is 11.2. The molecule has 0 aliphatic carbocycles. The molecule has 0 aromatic rings. The molecule has 2 saturated heterocycles. The van der Waals surface area contributed by atoms with Gasteiger partial charge in [-0.1, -0.05) is 0 Å². The number of rotatable bonds is 4. The second-order valence-electron chi connectivity index (χ2n) is 5.04. The summed E-state index contributed by atoms with van der Waals surface area (Å²) in [5, 5.41) is 0. The quantitative estimate of drug-likeness (QED) is 0.558. The van der Waals surface area contributed by atoms with Gasteiger partial charge in [-0.3, -0.25) is 11.3 Å². The van der Waals surface area contributed by atoms with Crippen LogP contribution in [0.3, 0.4) is 0 Å². The van der Waals surface area contributed by atoms with Gasteiger partial charge in [0, 0.05) is 25.9 Å². The van der Waals surface area contributed by atoms with Crippen LogP contribution in [0.5, 0.6) is 0 Å². The van der Waals surface area contributed by atoms with E-state index in [9.17, 15) is 0 Å². The molecule has 0 aromatic heterocycles. The molecule has 2 atom stereocenters. The van der Waals surface area contributed by atoms with Crippen molar-refractivity contribution < 1.29 is 9.47 Å². The number of ether oxygens (including phenoxy) is 2. The first-order valence-electron chi connectivity index (χ1n) is 6.51. The van der Waals surface area contributed by atoms with Gasteiger partial charge >= 0.3 is 0 Å². The van der Waals surface area contributed by atoms with Crippen molar-refractivity contribution in [3.63, 3.8) is 0 Å². The van der Waals surface area contributed by atoms with Crippen molar-refractivity contribution in [1.82, 2.24) is 5.43 Å². The maximum Gasteiger partial charge on any atom is 0.0509 e. The molecule has 0 radical (unpaired) electrons. The minimum Gasteiger partial charge on any atom is -0.381 e. The predicted octanol–water partition coefficient (Wildman–Crippen LogP) is 1.06. The molecule has 2 aliphatic rings. The Morgan fingerprint density at radius 3 is 2.56 bits per heavy atom. The molecule has 2 fully saturated rings. The van der Waals surface area contributed by atoms with E-state index in [1.54, 1.807) is 0 Å². The molecule has 0 spiro atoms. The van der Waals surface area contributed by atoms with E-state index in [-0.39, 0.29) is 0 Å². The standard InChI is InChI=1S/C12H24N2O2/c13-14-12(11-2-1-5-16-9-11)8-10-3-6-15-7-4-10/h10-12,14H,1-9,13H2. The van der Waals surface area contributed by atoms with E-state index in [1.165, 1.54) is 32.1 Å². The van der Waals surface area contributed by atoms with E-state index < -0.39 is 0 Å². The maximum atomic E-state index is 5.68. The maximum absolute atomic E-state index is 5.68. The van der Waals surface area contributed by atoms with Crippen molar-refractivity contribution >= 4 is 0 Å². The molecule has 2 aliphatic heterocycles. The van der Waals surface area contributed by atoms with Crippen LogP contribution in [0.25, 0.3) is 0 Å². The average Bonchev–Trinajstić information content (AvgIpc) is 2.38. The van der Waals surface area contributed by atoms with Crippen LogP contribution in [-0.2, 0) is 9.47 Å². The van der Waals surface area contributed by atoms with E-state index in [1.807, 2.05) is 0 Å². The first-order chi connectivity index (χ1) is 7.90. The lowest BCUT2D eigenvalue weighted by atomic mass is 9.84. The third-order valence-corrected chi connectivity index (χ3v) is 3.91. The van der Waals surface area contributed by atoms with Gasteiger partial charge in [-0.25, -0.2) is 0 Å². The van der Waals surface area contributed by atoms with E-state index in [0.717, 1.165) is 32.3 Å². The molecule has 2 unspecified atom stereocenters. The Hall–Kier alpha value is -0.160. The van der Waals surface area contributed by atoms with Gasteiger partial charge in [-0.05, 0) is 43.9 Å². The highest BCUT2D eigenvalue weighted by atomic mass is 16.5. The Morgan fingerprint density at radius 1 is 1.12 bits per heavy atom. The molecule has 3 N–H and O–H groups in total. The minimum absolute atomic E-state index is 0.420. The fourth-order valence-electron chi connectivity index (χ4n) is 2.82. The molecule has 0 saturated carbocycles. The fourth-order valence-corrected chi connectivity index (χ4v) is 2.82. The van der Waals surface area contributed by atoms with E-state index in [0.29, 0.717) is 12.0 Å². The topological polar surface area (TPSA) is 56.5 Å². The summed E-state index contributed by atoms with van der Waals surface area (Å²) < 4.78 is 10.9. The van der Waals surface area contributed by atoms with E-state index in [4.69, 9.17) is 15.3 Å². The second kappa shape index (κ2) is 6.55. The van der Waals surface area contributed by atoms with Crippen LogP contribution < -0.4 is 11.3 Å². The smallest absolute Gasteiger partial charge is 0.0509 e. The molecule has 94 valence electrons. The first-order valence-corrected chi connectivity index (χ1v) is 6.51. The SMILES string of the molecule is NNC(CC1CCOCC1)C1CCCOC1. The fraction of sp³-hybridized carbons (Fsp3) is 1.00. The Kier molecular flexibility index (Phi) is 5.03. The Bertz CT molecular complexity index is 189. The van der Waals surface area contributed by atoms with Crippen LogP contribution >= 0.6 is 0 Å². The third kappa shape index (κ3) is 3.42. The van der Waals surface area contributed by atoms with Gasteiger partial charge in [0.05, 0.1) is 6.61 Å². The largest absolute Gasteiger partial charge is 0.381 e. The molecule has 2 heterocycles. The van der Waals surface area contributed by atoms with Gasteiger partial charge in [0.25, 0.3) is 0 Å². The normalized spacial score (nSPS) is 30.2. The lowest BCUT2D eigenvalue weighted by molar-refractivity contribution is 0.0240. The van der Waals surface area contributed by atoms with Crippen molar-refractivity contribution in [2.45, 2.75) is 38.1 Å². The second-order valence-corrected chi connectivity index (χ2v) is 5.04. The summed E-state index contributed by atoms with van der Waals surface area (Å²) in [6, 6.07) is 0.420. The summed E-state index contributed by atoms with van der Waals surface area (Å²) in [6.07, 6.45) is 5.97. The highest BCUT2D eigenvalue weighted by molar-refractivity contribution is 4.80. The number of hydrogen-bond donors (Lipinski definition) is 2. The number of nitrogens with one attached hydrogen (secondary N) is 1. The minimum atomic E-state index is 0.420. The average molecular weight is 228 g/mol. The van der Waals surface area contributed by atoms with Crippen LogP contribution in [0.15, 0.2) is 0 Å². The lowest BCUT2D eigenvalue weighted by Crippen LogP contribution is -2.45. The summed E-state index contributed by atoms with van der Waals surface area (Å²) in [4.78, 5) is 0. The van der Waals surface area contributed by atoms with Crippen molar-refractivity contribution in [3.05, 3.63) is 0 Å². The van der Waals surface area contributed by atoms with Crippen LogP contribution in [-0.4, -0.2) is 32.5 Å². The molecule has 16 heavy (non-hydrogen) atoms. The Labute approximate surface area is 97.8 Å². The van der Waals surface area contributed by atoms with Crippen molar-refractivity contribution in [2.75, 3.05) is 26.4 Å². The predicted molar refractivity (Wildman–Crippen MR) is 62.8 cm³/mol. The molecular weight excluding hydrogens is 204 g/mol. The highest BCUT2D eigenvalue weighted by Crippen LogP contribution is 2.26. The van der Waals surface area contributed by atoms with Crippen LogP contribution in [0.4, 0.5) is 0 Å². The van der Waals surface area contributed by atoms with E-state index >= 15 is 0 Å². The summed E-state index contributed by atoms with van der Waals surface area (Å²) in [5.41, 5.74) is 3.00. The summed E-state index contributed by atoms with van der Waals surface area (Å²) >= 11 is 0. The van der Waals surface area contributed by atoms with Gasteiger partial charge in [0.2, 0.25) is 0 Å². The van der Waals surface area contributed by atoms with Crippen LogP contribution in [0, 0.1) is 11.8 Å². The molecule has 4 nitrogen and oxygen atoms in total. The monoisotopic (exact) mass is 228 g/mol. The third-order valence-electron chi connectivity index (χ3n) is 3.91. The number of hydrazine groups is 1.